The fourth-order valence-corrected chi connectivity index (χ4v) is 3.49. The Morgan fingerprint density at radius 1 is 1.32 bits per heavy atom. The average molecular weight is 288 g/mol. The molecule has 19 heavy (non-hydrogen) atoms. The van der Waals surface area contributed by atoms with Crippen LogP contribution in [0.25, 0.3) is 0 Å². The number of rotatable bonds is 8. The van der Waals surface area contributed by atoms with Gasteiger partial charge < -0.3 is 5.32 Å². The molecule has 0 saturated heterocycles. The lowest BCUT2D eigenvalue weighted by Gasteiger charge is -2.39. The molecule has 1 fully saturated rings. The summed E-state index contributed by atoms with van der Waals surface area (Å²) in [5.74, 6) is 1.43. The van der Waals surface area contributed by atoms with E-state index < -0.39 is 0 Å². The summed E-state index contributed by atoms with van der Waals surface area (Å²) in [6.07, 6.45) is 11.2. The molecule has 2 atom stereocenters. The Morgan fingerprint density at radius 2 is 2.05 bits per heavy atom. The number of hydrogen-bond acceptors (Lipinski definition) is 1. The van der Waals surface area contributed by atoms with Crippen molar-refractivity contribution in [2.45, 2.75) is 83.6 Å². The van der Waals surface area contributed by atoms with Crippen LogP contribution in [-0.4, -0.2) is 17.3 Å². The van der Waals surface area contributed by atoms with Crippen LogP contribution < -0.4 is 5.32 Å². The summed E-state index contributed by atoms with van der Waals surface area (Å²) < 4.78 is 0. The highest BCUT2D eigenvalue weighted by Gasteiger charge is 2.35. The van der Waals surface area contributed by atoms with Crippen molar-refractivity contribution in [3.8, 4) is 0 Å². The number of hydrogen-bond donors (Lipinski definition) is 1. The van der Waals surface area contributed by atoms with Crippen LogP contribution in [0, 0.1) is 5.92 Å². The second kappa shape index (κ2) is 8.84. The van der Waals surface area contributed by atoms with Crippen LogP contribution in [0.15, 0.2) is 0 Å². The monoisotopic (exact) mass is 287 g/mol. The minimum absolute atomic E-state index is 0.125. The van der Waals surface area contributed by atoms with Gasteiger partial charge in [0.2, 0.25) is 5.91 Å². The molecular formula is C16H30ClNO. The summed E-state index contributed by atoms with van der Waals surface area (Å²) in [4.78, 5) is 12.0. The van der Waals surface area contributed by atoms with Gasteiger partial charge in [0.05, 0.1) is 5.54 Å². The minimum atomic E-state index is -0.125. The lowest BCUT2D eigenvalue weighted by atomic mass is 9.77. The number of alkyl halides is 1. The first-order chi connectivity index (χ1) is 9.12. The average Bonchev–Trinajstić information content (AvgIpc) is 2.38. The SMILES string of the molecule is CCCCCCCC(=O)NC1(CCl)CCCC(C)C1. The van der Waals surface area contributed by atoms with E-state index in [1.807, 2.05) is 0 Å². The Balaban J connectivity index is 2.28. The van der Waals surface area contributed by atoms with Gasteiger partial charge in [0.15, 0.2) is 0 Å². The summed E-state index contributed by atoms with van der Waals surface area (Å²) in [6, 6.07) is 0. The number of halogens is 1. The molecule has 1 aliphatic rings. The predicted octanol–water partition coefficient (Wildman–Crippen LogP) is 4.65. The van der Waals surface area contributed by atoms with Gasteiger partial charge in [-0.25, -0.2) is 0 Å². The van der Waals surface area contributed by atoms with E-state index in [0.717, 1.165) is 19.3 Å². The van der Waals surface area contributed by atoms with E-state index in [0.29, 0.717) is 18.2 Å². The highest BCUT2D eigenvalue weighted by Crippen LogP contribution is 2.33. The highest BCUT2D eigenvalue weighted by molar-refractivity contribution is 6.18. The Kier molecular flexibility index (Phi) is 7.82. The van der Waals surface area contributed by atoms with E-state index in [2.05, 4.69) is 19.2 Å². The fraction of sp³-hybridized carbons (Fsp3) is 0.938. The zero-order chi connectivity index (χ0) is 14.1. The van der Waals surface area contributed by atoms with Crippen LogP contribution in [0.1, 0.15) is 78.1 Å². The lowest BCUT2D eigenvalue weighted by Crippen LogP contribution is -2.52. The summed E-state index contributed by atoms with van der Waals surface area (Å²) in [7, 11) is 0. The minimum Gasteiger partial charge on any atom is -0.349 e. The van der Waals surface area contributed by atoms with Crippen molar-refractivity contribution in [2.24, 2.45) is 5.92 Å². The van der Waals surface area contributed by atoms with E-state index >= 15 is 0 Å². The lowest BCUT2D eigenvalue weighted by molar-refractivity contribution is -0.123. The van der Waals surface area contributed by atoms with E-state index in [1.165, 1.54) is 38.5 Å². The normalized spacial score (nSPS) is 27.2. The molecule has 1 saturated carbocycles. The summed E-state index contributed by atoms with van der Waals surface area (Å²) in [5.41, 5.74) is -0.125. The standard InChI is InChI=1S/C16H30ClNO/c1-3-4-5-6-7-10-15(19)18-16(13-17)11-8-9-14(2)12-16/h14H,3-13H2,1-2H3,(H,18,19). The van der Waals surface area contributed by atoms with Gasteiger partial charge in [0.1, 0.15) is 0 Å². The van der Waals surface area contributed by atoms with Gasteiger partial charge in [-0.05, 0) is 25.2 Å². The van der Waals surface area contributed by atoms with Crippen LogP contribution in [-0.2, 0) is 4.79 Å². The largest absolute Gasteiger partial charge is 0.349 e. The topological polar surface area (TPSA) is 29.1 Å². The van der Waals surface area contributed by atoms with Gasteiger partial charge in [-0.15, -0.1) is 11.6 Å². The van der Waals surface area contributed by atoms with Gasteiger partial charge >= 0.3 is 0 Å². The molecule has 1 amide bonds. The molecule has 0 spiro atoms. The second-order valence-corrected chi connectivity index (χ2v) is 6.60. The summed E-state index contributed by atoms with van der Waals surface area (Å²) in [6.45, 7) is 4.47. The van der Waals surface area contributed by atoms with Gasteiger partial charge in [-0.3, -0.25) is 4.79 Å². The molecule has 0 heterocycles. The molecule has 2 unspecified atom stereocenters. The van der Waals surface area contributed by atoms with E-state index in [4.69, 9.17) is 11.6 Å². The number of carbonyl (C=O) groups is 1. The molecule has 0 aliphatic heterocycles. The fourth-order valence-electron chi connectivity index (χ4n) is 3.18. The Bertz CT molecular complexity index is 269. The van der Waals surface area contributed by atoms with Crippen molar-refractivity contribution in [2.75, 3.05) is 5.88 Å². The summed E-state index contributed by atoms with van der Waals surface area (Å²) >= 11 is 6.13. The van der Waals surface area contributed by atoms with E-state index in [-0.39, 0.29) is 11.4 Å². The third kappa shape index (κ3) is 6.16. The summed E-state index contributed by atoms with van der Waals surface area (Å²) in [5, 5.41) is 3.23. The zero-order valence-electron chi connectivity index (χ0n) is 12.6. The molecule has 3 heteroatoms. The van der Waals surface area contributed by atoms with Crippen molar-refractivity contribution < 1.29 is 4.79 Å². The maximum Gasteiger partial charge on any atom is 0.220 e. The first-order valence-electron chi connectivity index (χ1n) is 7.99. The first kappa shape index (κ1) is 16.8. The third-order valence-electron chi connectivity index (χ3n) is 4.26. The van der Waals surface area contributed by atoms with Gasteiger partial charge in [0.25, 0.3) is 0 Å². The van der Waals surface area contributed by atoms with Crippen molar-refractivity contribution in [1.29, 1.82) is 0 Å². The third-order valence-corrected chi connectivity index (χ3v) is 4.77. The predicted molar refractivity (Wildman–Crippen MR) is 82.6 cm³/mol. The number of unbranched alkanes of at least 4 members (excludes halogenated alkanes) is 4. The maximum absolute atomic E-state index is 12.0. The molecular weight excluding hydrogens is 258 g/mol. The highest BCUT2D eigenvalue weighted by atomic mass is 35.5. The molecule has 0 aromatic rings. The Morgan fingerprint density at radius 3 is 2.68 bits per heavy atom. The number of nitrogens with one attached hydrogen (secondary N) is 1. The molecule has 0 aromatic carbocycles. The van der Waals surface area contributed by atoms with Crippen LogP contribution in [0.4, 0.5) is 0 Å². The smallest absolute Gasteiger partial charge is 0.220 e. The van der Waals surface area contributed by atoms with Crippen molar-refractivity contribution in [3.63, 3.8) is 0 Å². The maximum atomic E-state index is 12.0. The van der Waals surface area contributed by atoms with Crippen LogP contribution in [0.5, 0.6) is 0 Å². The second-order valence-electron chi connectivity index (χ2n) is 6.33. The molecule has 1 aliphatic carbocycles. The van der Waals surface area contributed by atoms with E-state index in [1.54, 1.807) is 0 Å². The van der Waals surface area contributed by atoms with Crippen LogP contribution >= 0.6 is 11.6 Å². The Hall–Kier alpha value is -0.240. The molecule has 0 bridgehead atoms. The zero-order valence-corrected chi connectivity index (χ0v) is 13.4. The molecule has 1 rings (SSSR count). The number of carbonyl (C=O) groups excluding carboxylic acids is 1. The molecule has 0 radical (unpaired) electrons. The number of amides is 1. The first-order valence-corrected chi connectivity index (χ1v) is 8.52. The van der Waals surface area contributed by atoms with Crippen LogP contribution in [0.3, 0.4) is 0 Å². The van der Waals surface area contributed by atoms with Crippen LogP contribution in [0.2, 0.25) is 0 Å². The molecule has 2 nitrogen and oxygen atoms in total. The van der Waals surface area contributed by atoms with Crippen molar-refractivity contribution >= 4 is 17.5 Å². The molecule has 112 valence electrons. The molecule has 0 aromatic heterocycles. The quantitative estimate of drug-likeness (QED) is 0.511. The van der Waals surface area contributed by atoms with Gasteiger partial charge in [0, 0.05) is 12.3 Å². The van der Waals surface area contributed by atoms with Gasteiger partial charge in [-0.1, -0.05) is 52.4 Å². The van der Waals surface area contributed by atoms with Crippen molar-refractivity contribution in [3.05, 3.63) is 0 Å². The van der Waals surface area contributed by atoms with Crippen molar-refractivity contribution in [1.82, 2.24) is 5.32 Å². The molecule has 1 N–H and O–H groups in total. The van der Waals surface area contributed by atoms with E-state index in [9.17, 15) is 4.79 Å². The van der Waals surface area contributed by atoms with Gasteiger partial charge in [-0.2, -0.15) is 0 Å². The Labute approximate surface area is 123 Å².